The van der Waals surface area contributed by atoms with Crippen LogP contribution in [0.1, 0.15) is 11.1 Å². The highest BCUT2D eigenvalue weighted by Crippen LogP contribution is 2.50. The molecule has 0 aliphatic carbocycles. The molecular weight excluding hydrogens is 742 g/mol. The molecule has 1 aromatic heterocycles. The third kappa shape index (κ3) is 5.24. The van der Waals surface area contributed by atoms with Crippen LogP contribution >= 0.6 is 23.5 Å². The van der Waals surface area contributed by atoms with Gasteiger partial charge in [0.05, 0.1) is 11.6 Å². The van der Waals surface area contributed by atoms with Gasteiger partial charge in [0.1, 0.15) is 0 Å². The maximum Gasteiger partial charge on any atom is 0.333 e. The predicted octanol–water partition coefficient (Wildman–Crippen LogP) is 12.8. The van der Waals surface area contributed by atoms with Crippen LogP contribution in [0, 0.1) is 18.3 Å². The molecule has 0 atom stereocenters. The highest BCUT2D eigenvalue weighted by Gasteiger charge is 2.44. The van der Waals surface area contributed by atoms with Crippen LogP contribution in [-0.2, 0) is 0 Å². The smallest absolute Gasteiger partial charge is 0.333 e. The Labute approximate surface area is 347 Å². The predicted molar refractivity (Wildman–Crippen MR) is 249 cm³/mol. The molecule has 58 heavy (non-hydrogen) atoms. The van der Waals surface area contributed by atoms with Gasteiger partial charge in [0, 0.05) is 54.2 Å². The number of hydrogen-bond donors (Lipinski definition) is 0. The number of nitrogens with zero attached hydrogens (tertiary/aromatic N) is 3. The van der Waals surface area contributed by atoms with Gasteiger partial charge in [0.15, 0.2) is 0 Å². The number of nitriles is 1. The van der Waals surface area contributed by atoms with Gasteiger partial charge in [-0.25, -0.2) is 0 Å². The Bertz CT molecular complexity index is 3110. The van der Waals surface area contributed by atoms with Gasteiger partial charge in [-0.1, -0.05) is 91.0 Å². The number of benzene rings is 8. The summed E-state index contributed by atoms with van der Waals surface area (Å²) in [6, 6.07) is 62.3. The lowest BCUT2D eigenvalue weighted by Gasteiger charge is -2.41. The molecule has 0 radical (unpaired) electrons. The van der Waals surface area contributed by atoms with Crippen LogP contribution in [0.4, 0.5) is 17.1 Å². The molecule has 8 aromatic carbocycles. The van der Waals surface area contributed by atoms with Gasteiger partial charge >= 0.3 is 6.85 Å². The van der Waals surface area contributed by atoms with E-state index in [-0.39, 0.29) is 6.85 Å². The molecular formula is C52H36BN3S2. The topological polar surface area (TPSA) is 32.0 Å². The molecule has 0 bridgehead atoms. The summed E-state index contributed by atoms with van der Waals surface area (Å²) in [5.41, 5.74) is 20.0. The second-order valence-corrected chi connectivity index (χ2v) is 16.9. The number of anilines is 3. The zero-order chi connectivity index (χ0) is 39.1. The number of para-hydroxylation sites is 1. The fraction of sp³-hybridized carbons (Fsp3) is 0.0577. The summed E-state index contributed by atoms with van der Waals surface area (Å²) in [5.74, 6) is 0. The Hall–Kier alpha value is -6.39. The van der Waals surface area contributed by atoms with Crippen LogP contribution in [0.3, 0.4) is 0 Å². The average molecular weight is 778 g/mol. The molecule has 2 aliphatic heterocycles. The van der Waals surface area contributed by atoms with Crippen molar-refractivity contribution in [3.63, 3.8) is 0 Å². The van der Waals surface area contributed by atoms with E-state index in [2.05, 4.69) is 187 Å². The van der Waals surface area contributed by atoms with E-state index < -0.39 is 0 Å². The van der Waals surface area contributed by atoms with Gasteiger partial charge in [-0.3, -0.25) is 0 Å². The summed E-state index contributed by atoms with van der Waals surface area (Å²) in [4.78, 5) is 5.04. The van der Waals surface area contributed by atoms with Crippen molar-refractivity contribution in [3.8, 4) is 50.6 Å². The first-order valence-corrected chi connectivity index (χ1v) is 22.0. The van der Waals surface area contributed by atoms with Crippen LogP contribution in [-0.4, -0.2) is 23.8 Å². The SMILES string of the molecule is CSc1ccc2c(c1)c1cc(SC)cc3c1n2B1c2ccccc2N(c2cc(-c4ccccc4)cc(-c4ccccc4)c2)c2cc(-c4ccc(C#N)cc4)c(C)c-3c21. The minimum absolute atomic E-state index is 0.0511. The normalized spacial score (nSPS) is 12.4. The Kier molecular flexibility index (Phi) is 8.18. The average Bonchev–Trinajstić information content (AvgIpc) is 3.61. The molecule has 9 aromatic rings. The van der Waals surface area contributed by atoms with E-state index in [4.69, 9.17) is 0 Å². The molecule has 0 unspecified atom stereocenters. The second kappa shape index (κ2) is 13.6. The zero-order valence-corrected chi connectivity index (χ0v) is 34.0. The lowest BCUT2D eigenvalue weighted by Crippen LogP contribution is -2.56. The van der Waals surface area contributed by atoms with Crippen molar-refractivity contribution in [1.82, 2.24) is 4.48 Å². The molecule has 2 aliphatic rings. The summed E-state index contributed by atoms with van der Waals surface area (Å²) in [5, 5.41) is 12.3. The van der Waals surface area contributed by atoms with Crippen molar-refractivity contribution in [2.45, 2.75) is 16.7 Å². The van der Waals surface area contributed by atoms with Crippen molar-refractivity contribution < 1.29 is 0 Å². The molecule has 274 valence electrons. The number of aromatic nitrogens is 1. The Morgan fingerprint density at radius 1 is 0.552 bits per heavy atom. The van der Waals surface area contributed by atoms with Gasteiger partial charge in [0.25, 0.3) is 0 Å². The van der Waals surface area contributed by atoms with Crippen LogP contribution < -0.4 is 15.8 Å². The van der Waals surface area contributed by atoms with Crippen molar-refractivity contribution in [3.05, 3.63) is 175 Å². The number of rotatable bonds is 6. The largest absolute Gasteiger partial charge is 0.375 e. The summed E-state index contributed by atoms with van der Waals surface area (Å²) >= 11 is 3.60. The minimum atomic E-state index is -0.0511. The molecule has 6 heteroatoms. The molecule has 0 fully saturated rings. The third-order valence-corrected chi connectivity index (χ3v) is 13.6. The van der Waals surface area contributed by atoms with E-state index in [0.29, 0.717) is 5.56 Å². The molecule has 0 spiro atoms. The van der Waals surface area contributed by atoms with Crippen molar-refractivity contribution in [2.75, 3.05) is 17.4 Å². The fourth-order valence-corrected chi connectivity index (χ4v) is 10.5. The van der Waals surface area contributed by atoms with Gasteiger partial charge < -0.3 is 9.38 Å². The summed E-state index contributed by atoms with van der Waals surface area (Å²) in [7, 11) is 0. The summed E-state index contributed by atoms with van der Waals surface area (Å²) in [6.45, 7) is 2.25. The number of fused-ring (bicyclic) bond motifs is 7. The lowest BCUT2D eigenvalue weighted by atomic mass is 9.44. The van der Waals surface area contributed by atoms with Gasteiger partial charge in [-0.2, -0.15) is 5.26 Å². The standard InChI is InChI=1S/C52H36BN3S2/c1-32-42(36-20-18-33(31-54)19-21-36)30-49-51-50(32)45-29-41(58-3)28-44-43-27-40(57-2)22-23-47(43)56(52(44)45)53(51)46-16-10-11-17-48(46)55(49)39-25-37(34-12-6-4-7-13-34)24-38(26-39)35-14-8-5-9-15-35/h4-30H,1-3H3. The maximum atomic E-state index is 9.75. The van der Waals surface area contributed by atoms with Crippen LogP contribution in [0.15, 0.2) is 174 Å². The van der Waals surface area contributed by atoms with E-state index in [1.165, 1.54) is 98.4 Å². The molecule has 0 saturated heterocycles. The van der Waals surface area contributed by atoms with E-state index in [9.17, 15) is 5.26 Å². The summed E-state index contributed by atoms with van der Waals surface area (Å²) in [6.07, 6.45) is 4.35. The molecule has 0 N–H and O–H groups in total. The van der Waals surface area contributed by atoms with Crippen molar-refractivity contribution in [2.24, 2.45) is 0 Å². The maximum absolute atomic E-state index is 9.75. The Morgan fingerprint density at radius 3 is 1.88 bits per heavy atom. The number of hydrogen-bond acceptors (Lipinski definition) is 4. The quantitative estimate of drug-likeness (QED) is 0.124. The minimum Gasteiger partial charge on any atom is -0.375 e. The zero-order valence-electron chi connectivity index (χ0n) is 32.3. The molecule has 3 nitrogen and oxygen atoms in total. The Morgan fingerprint density at radius 2 is 1.21 bits per heavy atom. The molecule has 11 rings (SSSR count). The van der Waals surface area contributed by atoms with E-state index in [0.717, 1.165) is 11.3 Å². The Balaban J connectivity index is 1.29. The monoisotopic (exact) mass is 777 g/mol. The molecule has 0 amide bonds. The first kappa shape index (κ1) is 34.8. The molecule has 0 saturated carbocycles. The van der Waals surface area contributed by atoms with E-state index in [1.807, 2.05) is 12.1 Å². The van der Waals surface area contributed by atoms with Gasteiger partial charge in [-0.05, 0) is 148 Å². The van der Waals surface area contributed by atoms with Gasteiger partial charge in [-0.15, -0.1) is 23.5 Å². The highest BCUT2D eigenvalue weighted by molar-refractivity contribution is 7.98. The highest BCUT2D eigenvalue weighted by atomic mass is 32.2. The first-order valence-electron chi connectivity index (χ1n) is 19.6. The lowest BCUT2D eigenvalue weighted by molar-refractivity contribution is 1.24. The second-order valence-electron chi connectivity index (χ2n) is 15.2. The van der Waals surface area contributed by atoms with Gasteiger partial charge in [0.2, 0.25) is 0 Å². The first-order chi connectivity index (χ1) is 28.5. The van der Waals surface area contributed by atoms with E-state index >= 15 is 0 Å². The number of thioether (sulfide) groups is 2. The van der Waals surface area contributed by atoms with Crippen molar-refractivity contribution in [1.29, 1.82) is 5.26 Å². The molecule has 3 heterocycles. The van der Waals surface area contributed by atoms with Crippen LogP contribution in [0.25, 0.3) is 66.3 Å². The van der Waals surface area contributed by atoms with E-state index in [1.54, 1.807) is 23.5 Å². The fourth-order valence-electron chi connectivity index (χ4n) is 9.55. The van der Waals surface area contributed by atoms with Crippen LogP contribution in [0.5, 0.6) is 0 Å². The van der Waals surface area contributed by atoms with Crippen LogP contribution in [0.2, 0.25) is 0 Å². The third-order valence-electron chi connectivity index (χ3n) is 12.1. The summed E-state index contributed by atoms with van der Waals surface area (Å²) < 4.78 is 2.65. The van der Waals surface area contributed by atoms with Crippen molar-refractivity contribution >= 4 is 80.2 Å².